The van der Waals surface area contributed by atoms with Crippen LogP contribution in [0.2, 0.25) is 0 Å². The smallest absolute Gasteiger partial charge is 0.327 e. The summed E-state index contributed by atoms with van der Waals surface area (Å²) in [6.07, 6.45) is -1.34. The minimum Gasteiger partial charge on any atom is -0.391 e. The highest BCUT2D eigenvalue weighted by Gasteiger charge is 2.52. The number of aliphatic hydroxyl groups is 2. The van der Waals surface area contributed by atoms with Gasteiger partial charge in [0, 0.05) is 17.3 Å². The van der Waals surface area contributed by atoms with Crippen LogP contribution in [0, 0.1) is 11.3 Å². The maximum Gasteiger partial charge on any atom is 0.327 e. The molecule has 3 atom stereocenters. The number of carbonyl (C=O) groups is 1. The van der Waals surface area contributed by atoms with Gasteiger partial charge in [0.2, 0.25) is 0 Å². The molecule has 2 saturated heterocycles. The lowest BCUT2D eigenvalue weighted by Gasteiger charge is -2.24. The molecule has 0 aliphatic carbocycles. The van der Waals surface area contributed by atoms with E-state index in [9.17, 15) is 20.3 Å². The number of amides is 2. The largest absolute Gasteiger partial charge is 0.391 e. The molecule has 0 bridgehead atoms. The fraction of sp³-hybridized carbons (Fsp3) is 0.294. The summed E-state index contributed by atoms with van der Waals surface area (Å²) in [4.78, 5) is 15.5. The minimum absolute atomic E-state index is 0.311. The molecule has 116 valence electrons. The van der Waals surface area contributed by atoms with Crippen molar-refractivity contribution in [3.63, 3.8) is 0 Å². The number of fused-ring (bicyclic) bond motifs is 2. The number of nitriles is 1. The maximum absolute atomic E-state index is 12.7. The molecule has 4 rings (SSSR count). The number of aliphatic hydroxyl groups excluding tert-OH is 2. The van der Waals surface area contributed by atoms with E-state index in [1.807, 2.05) is 24.3 Å². The van der Waals surface area contributed by atoms with Crippen LogP contribution in [0.1, 0.15) is 12.0 Å². The number of anilines is 1. The second-order valence-corrected chi connectivity index (χ2v) is 5.90. The van der Waals surface area contributed by atoms with E-state index >= 15 is 0 Å². The summed E-state index contributed by atoms with van der Waals surface area (Å²) in [6.45, 7) is 0.437. The van der Waals surface area contributed by atoms with Gasteiger partial charge in [0.25, 0.3) is 0 Å². The zero-order chi connectivity index (χ0) is 16.1. The number of hydrogen-bond acceptors (Lipinski definition) is 4. The van der Waals surface area contributed by atoms with Gasteiger partial charge in [0.05, 0.1) is 23.4 Å². The summed E-state index contributed by atoms with van der Waals surface area (Å²) in [7, 11) is 0. The zero-order valence-electron chi connectivity index (χ0n) is 12.3. The number of nitrogens with zero attached hydrogens (tertiary/aromatic N) is 3. The van der Waals surface area contributed by atoms with Crippen molar-refractivity contribution in [1.29, 1.82) is 5.26 Å². The fourth-order valence-corrected chi connectivity index (χ4v) is 3.62. The summed E-state index contributed by atoms with van der Waals surface area (Å²) in [6, 6.07) is 11.9. The predicted octanol–water partition coefficient (Wildman–Crippen LogP) is 1.41. The molecule has 2 aliphatic rings. The maximum atomic E-state index is 12.7. The molecule has 2 aromatic carbocycles. The molecule has 0 radical (unpaired) electrons. The van der Waals surface area contributed by atoms with Crippen molar-refractivity contribution in [2.75, 3.05) is 11.4 Å². The molecule has 6 heteroatoms. The molecule has 23 heavy (non-hydrogen) atoms. The third-order valence-corrected chi connectivity index (χ3v) is 4.72. The first-order valence-electron chi connectivity index (χ1n) is 7.51. The van der Waals surface area contributed by atoms with Gasteiger partial charge >= 0.3 is 6.03 Å². The van der Waals surface area contributed by atoms with Gasteiger partial charge in [-0.1, -0.05) is 24.3 Å². The van der Waals surface area contributed by atoms with Gasteiger partial charge in [0.1, 0.15) is 6.04 Å². The van der Waals surface area contributed by atoms with Gasteiger partial charge in [-0.2, -0.15) is 5.26 Å². The van der Waals surface area contributed by atoms with Crippen molar-refractivity contribution in [1.82, 2.24) is 4.90 Å². The van der Waals surface area contributed by atoms with Crippen molar-refractivity contribution < 1.29 is 15.0 Å². The van der Waals surface area contributed by atoms with E-state index < -0.39 is 18.4 Å². The lowest BCUT2D eigenvalue weighted by Crippen LogP contribution is -2.41. The van der Waals surface area contributed by atoms with Crippen LogP contribution >= 0.6 is 0 Å². The minimum atomic E-state index is -1.10. The molecule has 2 heterocycles. The average Bonchev–Trinajstić information content (AvgIpc) is 3.07. The molecule has 0 spiro atoms. The van der Waals surface area contributed by atoms with Crippen LogP contribution in [0.4, 0.5) is 10.5 Å². The molecule has 2 aromatic rings. The number of hydrogen-bond donors (Lipinski definition) is 2. The Labute approximate surface area is 132 Å². The summed E-state index contributed by atoms with van der Waals surface area (Å²) < 4.78 is 0. The van der Waals surface area contributed by atoms with Crippen LogP contribution in [0.3, 0.4) is 0 Å². The second-order valence-electron chi connectivity index (χ2n) is 5.90. The summed E-state index contributed by atoms with van der Waals surface area (Å²) in [5.41, 5.74) is 1.07. The Kier molecular flexibility index (Phi) is 3.01. The van der Waals surface area contributed by atoms with Crippen LogP contribution in [0.5, 0.6) is 0 Å². The molecule has 2 amide bonds. The molecule has 2 aliphatic heterocycles. The summed E-state index contributed by atoms with van der Waals surface area (Å²) >= 11 is 0. The Morgan fingerprint density at radius 3 is 2.57 bits per heavy atom. The molecule has 2 fully saturated rings. The SMILES string of the molecule is N#Cc1ccc(N2C(=O)N3CC[C@H](O)C3C2O)c2ccccc12. The molecule has 0 saturated carbocycles. The second kappa shape index (κ2) is 4.95. The molecular formula is C17H15N3O3. The van der Waals surface area contributed by atoms with Gasteiger partial charge in [-0.3, -0.25) is 4.90 Å². The first-order valence-corrected chi connectivity index (χ1v) is 7.51. The first-order chi connectivity index (χ1) is 11.1. The topological polar surface area (TPSA) is 87.8 Å². The van der Waals surface area contributed by atoms with E-state index in [0.717, 1.165) is 10.8 Å². The Bertz CT molecular complexity index is 845. The Hall–Kier alpha value is -2.62. The van der Waals surface area contributed by atoms with Crippen LogP contribution in [-0.4, -0.2) is 46.1 Å². The lowest BCUT2D eigenvalue weighted by molar-refractivity contribution is 0.0593. The van der Waals surface area contributed by atoms with Crippen molar-refractivity contribution in [3.8, 4) is 6.07 Å². The van der Waals surface area contributed by atoms with E-state index in [4.69, 9.17) is 0 Å². The third-order valence-electron chi connectivity index (χ3n) is 4.72. The molecule has 6 nitrogen and oxygen atoms in total. The highest BCUT2D eigenvalue weighted by molar-refractivity contribution is 6.06. The number of urea groups is 1. The third kappa shape index (κ3) is 1.84. The normalized spacial score (nSPS) is 26.7. The quantitative estimate of drug-likeness (QED) is 0.833. The molecule has 2 N–H and O–H groups in total. The number of carbonyl (C=O) groups excluding carboxylic acids is 1. The number of benzene rings is 2. The Morgan fingerprint density at radius 2 is 1.87 bits per heavy atom. The van der Waals surface area contributed by atoms with E-state index in [-0.39, 0.29) is 6.03 Å². The van der Waals surface area contributed by atoms with E-state index in [1.165, 1.54) is 9.80 Å². The van der Waals surface area contributed by atoms with Gasteiger partial charge in [0.15, 0.2) is 6.23 Å². The Morgan fingerprint density at radius 1 is 1.13 bits per heavy atom. The van der Waals surface area contributed by atoms with Crippen molar-refractivity contribution in [3.05, 3.63) is 42.0 Å². The summed E-state index contributed by atoms with van der Waals surface area (Å²) in [5.74, 6) is 0. The van der Waals surface area contributed by atoms with Crippen molar-refractivity contribution in [2.24, 2.45) is 0 Å². The molecule has 2 unspecified atom stereocenters. The van der Waals surface area contributed by atoms with Crippen molar-refractivity contribution >= 4 is 22.5 Å². The van der Waals surface area contributed by atoms with Crippen LogP contribution in [0.15, 0.2) is 36.4 Å². The fourth-order valence-electron chi connectivity index (χ4n) is 3.62. The number of rotatable bonds is 1. The standard InChI is InChI=1S/C17H15N3O3/c18-9-10-5-6-13(12-4-2-1-3-11(10)12)20-16(22)15-14(21)7-8-19(15)17(20)23/h1-6,14-16,21-22H,7-8H2/t14-,15?,16?/m0/s1. The van der Waals surface area contributed by atoms with Crippen molar-refractivity contribution in [2.45, 2.75) is 24.8 Å². The summed E-state index contributed by atoms with van der Waals surface area (Å²) in [5, 5.41) is 31.3. The first kappa shape index (κ1) is 14.0. The predicted molar refractivity (Wildman–Crippen MR) is 83.7 cm³/mol. The van der Waals surface area contributed by atoms with Gasteiger partial charge in [-0.05, 0) is 18.6 Å². The highest BCUT2D eigenvalue weighted by atomic mass is 16.3. The zero-order valence-corrected chi connectivity index (χ0v) is 12.3. The molecular weight excluding hydrogens is 294 g/mol. The monoisotopic (exact) mass is 309 g/mol. The average molecular weight is 309 g/mol. The lowest BCUT2D eigenvalue weighted by atomic mass is 10.0. The van der Waals surface area contributed by atoms with Gasteiger partial charge in [-0.25, -0.2) is 4.79 Å². The molecule has 0 aromatic heterocycles. The van der Waals surface area contributed by atoms with Gasteiger partial charge < -0.3 is 15.1 Å². The highest BCUT2D eigenvalue weighted by Crippen LogP contribution is 2.38. The van der Waals surface area contributed by atoms with Gasteiger partial charge in [-0.15, -0.1) is 0 Å². The van der Waals surface area contributed by atoms with Crippen LogP contribution in [-0.2, 0) is 0 Å². The van der Waals surface area contributed by atoms with E-state index in [1.54, 1.807) is 12.1 Å². The van der Waals surface area contributed by atoms with Crippen LogP contribution in [0.25, 0.3) is 10.8 Å². The van der Waals surface area contributed by atoms with E-state index in [2.05, 4.69) is 6.07 Å². The van der Waals surface area contributed by atoms with Crippen LogP contribution < -0.4 is 4.90 Å². The van der Waals surface area contributed by atoms with E-state index in [0.29, 0.717) is 24.2 Å². The Balaban J connectivity index is 1.88.